The van der Waals surface area contributed by atoms with E-state index in [1.165, 1.54) is 31.4 Å². The predicted octanol–water partition coefficient (Wildman–Crippen LogP) is 3.32. The summed E-state index contributed by atoms with van der Waals surface area (Å²) in [7, 11) is 3.13. The number of halogens is 2. The van der Waals surface area contributed by atoms with Crippen molar-refractivity contribution in [1.29, 1.82) is 0 Å². The van der Waals surface area contributed by atoms with Gasteiger partial charge < -0.3 is 15.4 Å². The quantitative estimate of drug-likeness (QED) is 0.864. The number of hydrogen-bond donors (Lipinski definition) is 1. The molecule has 0 atom stereocenters. The second-order valence-corrected chi connectivity index (χ2v) is 4.08. The Morgan fingerprint density at radius 2 is 1.84 bits per heavy atom. The molecule has 0 spiro atoms. The Kier molecular flexibility index (Phi) is 3.55. The van der Waals surface area contributed by atoms with Gasteiger partial charge >= 0.3 is 0 Å². The lowest BCUT2D eigenvalue weighted by Crippen LogP contribution is -2.12. The average molecular weight is 264 g/mol. The van der Waals surface area contributed by atoms with E-state index in [1.807, 2.05) is 0 Å². The molecule has 19 heavy (non-hydrogen) atoms. The Balaban J connectivity index is 2.38. The van der Waals surface area contributed by atoms with E-state index < -0.39 is 11.6 Å². The van der Waals surface area contributed by atoms with Crippen LogP contribution < -0.4 is 15.4 Å². The summed E-state index contributed by atoms with van der Waals surface area (Å²) in [6.07, 6.45) is 0. The first-order valence-corrected chi connectivity index (χ1v) is 5.65. The molecule has 5 heteroatoms. The maximum atomic E-state index is 13.6. The molecule has 2 aromatic rings. The molecule has 0 aromatic heterocycles. The lowest BCUT2D eigenvalue weighted by molar-refractivity contribution is 0.386. The largest absolute Gasteiger partial charge is 0.494 e. The molecule has 3 nitrogen and oxygen atoms in total. The first-order chi connectivity index (χ1) is 9.02. The summed E-state index contributed by atoms with van der Waals surface area (Å²) in [5.41, 5.74) is 7.24. The molecule has 100 valence electrons. The predicted molar refractivity (Wildman–Crippen MR) is 71.8 cm³/mol. The zero-order chi connectivity index (χ0) is 14.0. The topological polar surface area (TPSA) is 38.5 Å². The van der Waals surface area contributed by atoms with Crippen molar-refractivity contribution in [2.75, 3.05) is 24.8 Å². The lowest BCUT2D eigenvalue weighted by Gasteiger charge is -2.21. The second kappa shape index (κ2) is 5.14. The highest BCUT2D eigenvalue weighted by Crippen LogP contribution is 2.31. The minimum atomic E-state index is -0.465. The summed E-state index contributed by atoms with van der Waals surface area (Å²) in [6, 6.07) is 8.65. The Morgan fingerprint density at radius 3 is 2.42 bits per heavy atom. The van der Waals surface area contributed by atoms with Crippen LogP contribution in [0.15, 0.2) is 36.4 Å². The molecule has 2 rings (SSSR count). The normalized spacial score (nSPS) is 10.3. The summed E-state index contributed by atoms with van der Waals surface area (Å²) >= 11 is 0. The third kappa shape index (κ3) is 2.59. The first kappa shape index (κ1) is 13.1. The fraction of sp³-hybridized carbons (Fsp3) is 0.143. The van der Waals surface area contributed by atoms with Gasteiger partial charge in [0.15, 0.2) is 11.6 Å². The molecule has 0 bridgehead atoms. The number of hydrogen-bond acceptors (Lipinski definition) is 3. The van der Waals surface area contributed by atoms with Crippen molar-refractivity contribution in [1.82, 2.24) is 0 Å². The van der Waals surface area contributed by atoms with Gasteiger partial charge in [0, 0.05) is 18.8 Å². The molecule has 0 saturated carbocycles. The van der Waals surface area contributed by atoms with E-state index in [9.17, 15) is 8.78 Å². The smallest absolute Gasteiger partial charge is 0.167 e. The molecular formula is C14H14F2N2O. The van der Waals surface area contributed by atoms with Crippen molar-refractivity contribution in [2.45, 2.75) is 0 Å². The molecule has 0 heterocycles. The minimum Gasteiger partial charge on any atom is -0.494 e. The van der Waals surface area contributed by atoms with Crippen LogP contribution in [-0.2, 0) is 0 Å². The SMILES string of the molecule is COc1ccc(N(C)c2ccc(F)cc2N)cc1F. The molecule has 0 aliphatic carbocycles. The Labute approximate surface area is 110 Å². The Hall–Kier alpha value is -2.30. The number of ether oxygens (including phenoxy) is 1. The Morgan fingerprint density at radius 1 is 1.11 bits per heavy atom. The van der Waals surface area contributed by atoms with E-state index in [4.69, 9.17) is 10.5 Å². The van der Waals surface area contributed by atoms with E-state index in [0.717, 1.165) is 0 Å². The average Bonchev–Trinajstić information content (AvgIpc) is 2.38. The van der Waals surface area contributed by atoms with Gasteiger partial charge in [0.2, 0.25) is 0 Å². The number of rotatable bonds is 3. The number of methoxy groups -OCH3 is 1. The van der Waals surface area contributed by atoms with Crippen molar-refractivity contribution in [3.8, 4) is 5.75 Å². The van der Waals surface area contributed by atoms with Crippen LogP contribution in [0.2, 0.25) is 0 Å². The highest BCUT2D eigenvalue weighted by atomic mass is 19.1. The van der Waals surface area contributed by atoms with Crippen LogP contribution in [0.1, 0.15) is 0 Å². The lowest BCUT2D eigenvalue weighted by atomic mass is 10.2. The fourth-order valence-corrected chi connectivity index (χ4v) is 1.83. The van der Waals surface area contributed by atoms with Crippen LogP contribution in [0.3, 0.4) is 0 Å². The molecule has 0 unspecified atom stereocenters. The van der Waals surface area contributed by atoms with Crippen molar-refractivity contribution in [3.05, 3.63) is 48.0 Å². The number of nitrogen functional groups attached to an aromatic ring is 1. The van der Waals surface area contributed by atoms with Crippen LogP contribution in [0.5, 0.6) is 5.75 Å². The fourth-order valence-electron chi connectivity index (χ4n) is 1.83. The molecule has 0 aliphatic rings. The van der Waals surface area contributed by atoms with Crippen molar-refractivity contribution in [3.63, 3.8) is 0 Å². The van der Waals surface area contributed by atoms with E-state index in [1.54, 1.807) is 24.1 Å². The summed E-state index contributed by atoms with van der Waals surface area (Å²) in [4.78, 5) is 1.68. The molecule has 0 saturated heterocycles. The van der Waals surface area contributed by atoms with Gasteiger partial charge in [0.25, 0.3) is 0 Å². The number of benzene rings is 2. The van der Waals surface area contributed by atoms with Crippen molar-refractivity contribution >= 4 is 17.1 Å². The van der Waals surface area contributed by atoms with Gasteiger partial charge in [0.1, 0.15) is 5.82 Å². The van der Waals surface area contributed by atoms with Crippen molar-refractivity contribution < 1.29 is 13.5 Å². The van der Waals surface area contributed by atoms with Gasteiger partial charge in [0.05, 0.1) is 18.5 Å². The van der Waals surface area contributed by atoms with Crippen LogP contribution in [0.25, 0.3) is 0 Å². The van der Waals surface area contributed by atoms with Gasteiger partial charge in [-0.05, 0) is 30.3 Å². The summed E-state index contributed by atoms with van der Waals surface area (Å²) in [6.45, 7) is 0. The van der Waals surface area contributed by atoms with Gasteiger partial charge in [-0.25, -0.2) is 8.78 Å². The Bertz CT molecular complexity index is 602. The van der Waals surface area contributed by atoms with Crippen molar-refractivity contribution in [2.24, 2.45) is 0 Å². The van der Waals surface area contributed by atoms with Crippen LogP contribution in [0.4, 0.5) is 25.8 Å². The molecule has 0 amide bonds. The van der Waals surface area contributed by atoms with Gasteiger partial charge in [-0.1, -0.05) is 0 Å². The summed E-state index contributed by atoms with van der Waals surface area (Å²) < 4.78 is 31.5. The molecule has 2 aromatic carbocycles. The summed E-state index contributed by atoms with van der Waals surface area (Å²) in [5, 5.41) is 0. The minimum absolute atomic E-state index is 0.171. The molecular weight excluding hydrogens is 250 g/mol. The maximum absolute atomic E-state index is 13.6. The monoisotopic (exact) mass is 264 g/mol. The van der Waals surface area contributed by atoms with E-state index in [0.29, 0.717) is 17.1 Å². The molecule has 2 N–H and O–H groups in total. The van der Waals surface area contributed by atoms with Gasteiger partial charge in [-0.15, -0.1) is 0 Å². The second-order valence-electron chi connectivity index (χ2n) is 4.08. The third-order valence-electron chi connectivity index (χ3n) is 2.87. The van der Waals surface area contributed by atoms with E-state index in [2.05, 4.69) is 0 Å². The molecule has 0 radical (unpaired) electrons. The van der Waals surface area contributed by atoms with Crippen LogP contribution >= 0.6 is 0 Å². The highest BCUT2D eigenvalue weighted by Gasteiger charge is 2.11. The standard InChI is InChI=1S/C14H14F2N2O/c1-18(13-5-3-9(15)7-12(13)17)10-4-6-14(19-2)11(16)8-10/h3-8H,17H2,1-2H3. The van der Waals surface area contributed by atoms with Gasteiger partial charge in [-0.2, -0.15) is 0 Å². The first-order valence-electron chi connectivity index (χ1n) is 5.65. The van der Waals surface area contributed by atoms with Gasteiger partial charge in [-0.3, -0.25) is 0 Å². The zero-order valence-electron chi connectivity index (χ0n) is 10.7. The zero-order valence-corrected chi connectivity index (χ0v) is 10.7. The molecule has 0 fully saturated rings. The molecule has 0 aliphatic heterocycles. The number of anilines is 3. The van der Waals surface area contributed by atoms with E-state index >= 15 is 0 Å². The third-order valence-corrected chi connectivity index (χ3v) is 2.87. The number of nitrogens with two attached hydrogens (primary N) is 1. The van der Waals surface area contributed by atoms with E-state index in [-0.39, 0.29) is 5.75 Å². The highest BCUT2D eigenvalue weighted by molar-refractivity contribution is 5.74. The van der Waals surface area contributed by atoms with Crippen LogP contribution in [-0.4, -0.2) is 14.2 Å². The van der Waals surface area contributed by atoms with Crippen LogP contribution in [0, 0.1) is 11.6 Å². The maximum Gasteiger partial charge on any atom is 0.167 e. The number of nitrogens with zero attached hydrogens (tertiary/aromatic N) is 1. The summed E-state index contributed by atoms with van der Waals surface area (Å²) in [5.74, 6) is -0.702.